The molecule has 88 valence electrons. The Bertz CT molecular complexity index is 534. The smallest absolute Gasteiger partial charge is 0.339 e. The van der Waals surface area contributed by atoms with E-state index in [1.807, 2.05) is 19.1 Å². The van der Waals surface area contributed by atoms with Crippen molar-refractivity contribution in [3.05, 3.63) is 36.0 Å². The lowest BCUT2D eigenvalue weighted by atomic mass is 10.1. The second kappa shape index (κ2) is 4.69. The number of para-hydroxylation sites is 1. The van der Waals surface area contributed by atoms with Crippen LogP contribution in [0.2, 0.25) is 0 Å². The van der Waals surface area contributed by atoms with Gasteiger partial charge in [-0.1, -0.05) is 12.1 Å². The fraction of sp³-hybridized carbons (Fsp3) is 0.167. The van der Waals surface area contributed by atoms with Gasteiger partial charge in [-0.15, -0.1) is 0 Å². The first-order valence-electron chi connectivity index (χ1n) is 5.23. The minimum absolute atomic E-state index is 0.136. The van der Waals surface area contributed by atoms with Crippen molar-refractivity contribution in [1.82, 2.24) is 10.2 Å². The first-order valence-corrected chi connectivity index (χ1v) is 5.23. The average molecular weight is 232 g/mol. The van der Waals surface area contributed by atoms with Crippen LogP contribution in [0.3, 0.4) is 0 Å². The monoisotopic (exact) mass is 232 g/mol. The highest BCUT2D eigenvalue weighted by Gasteiger charge is 2.16. The van der Waals surface area contributed by atoms with Gasteiger partial charge in [0.05, 0.1) is 18.5 Å². The molecule has 0 saturated heterocycles. The van der Waals surface area contributed by atoms with Crippen LogP contribution in [0.15, 0.2) is 30.5 Å². The van der Waals surface area contributed by atoms with Crippen molar-refractivity contribution in [2.75, 3.05) is 6.61 Å². The molecule has 0 radical (unpaired) electrons. The van der Waals surface area contributed by atoms with Gasteiger partial charge in [0.2, 0.25) is 0 Å². The zero-order chi connectivity index (χ0) is 12.3. The maximum absolute atomic E-state index is 11.0. The van der Waals surface area contributed by atoms with Crippen LogP contribution < -0.4 is 4.74 Å². The van der Waals surface area contributed by atoms with Crippen LogP contribution in [-0.4, -0.2) is 27.9 Å². The maximum Gasteiger partial charge on any atom is 0.339 e. The Morgan fingerprint density at radius 2 is 2.24 bits per heavy atom. The van der Waals surface area contributed by atoms with E-state index in [1.165, 1.54) is 6.20 Å². The molecule has 2 aromatic rings. The van der Waals surface area contributed by atoms with Crippen LogP contribution in [-0.2, 0) is 0 Å². The van der Waals surface area contributed by atoms with E-state index < -0.39 is 5.97 Å². The van der Waals surface area contributed by atoms with E-state index in [1.54, 1.807) is 12.1 Å². The van der Waals surface area contributed by atoms with Gasteiger partial charge in [-0.2, -0.15) is 5.10 Å². The summed E-state index contributed by atoms with van der Waals surface area (Å²) in [6.45, 7) is 2.40. The van der Waals surface area contributed by atoms with Gasteiger partial charge in [0.25, 0.3) is 0 Å². The number of nitrogens with zero attached hydrogens (tertiary/aromatic N) is 1. The lowest BCUT2D eigenvalue weighted by Crippen LogP contribution is -1.99. The van der Waals surface area contributed by atoms with Crippen molar-refractivity contribution in [3.8, 4) is 17.0 Å². The number of carboxylic acids is 1. The van der Waals surface area contributed by atoms with E-state index in [0.29, 0.717) is 23.6 Å². The lowest BCUT2D eigenvalue weighted by molar-refractivity contribution is 0.0698. The summed E-state index contributed by atoms with van der Waals surface area (Å²) in [5.74, 6) is -0.373. The van der Waals surface area contributed by atoms with Crippen LogP contribution >= 0.6 is 0 Å². The molecular formula is C12H12N2O3. The van der Waals surface area contributed by atoms with Gasteiger partial charge in [-0.3, -0.25) is 5.10 Å². The Morgan fingerprint density at radius 3 is 2.94 bits per heavy atom. The molecule has 0 bridgehead atoms. The molecular weight excluding hydrogens is 220 g/mol. The molecule has 1 aromatic carbocycles. The van der Waals surface area contributed by atoms with Gasteiger partial charge in [-0.25, -0.2) is 4.79 Å². The number of aromatic amines is 1. The van der Waals surface area contributed by atoms with Crippen LogP contribution in [0, 0.1) is 0 Å². The summed E-state index contributed by atoms with van der Waals surface area (Å²) < 4.78 is 5.45. The SMILES string of the molecule is CCOc1ccccc1-c1[nH]ncc1C(=O)O. The minimum atomic E-state index is -1.01. The van der Waals surface area contributed by atoms with Gasteiger partial charge in [0, 0.05) is 5.56 Å². The topological polar surface area (TPSA) is 75.2 Å². The molecule has 0 amide bonds. The highest BCUT2D eigenvalue weighted by molar-refractivity contribution is 5.95. The number of carbonyl (C=O) groups is 1. The number of aromatic nitrogens is 2. The van der Waals surface area contributed by atoms with Crippen LogP contribution in [0.1, 0.15) is 17.3 Å². The Kier molecular flexibility index (Phi) is 3.09. The number of hydrogen-bond acceptors (Lipinski definition) is 3. The lowest BCUT2D eigenvalue weighted by Gasteiger charge is -2.08. The number of benzene rings is 1. The summed E-state index contributed by atoms with van der Waals surface area (Å²) in [6, 6.07) is 7.26. The molecule has 5 heteroatoms. The van der Waals surface area contributed by atoms with Crippen molar-refractivity contribution < 1.29 is 14.6 Å². The van der Waals surface area contributed by atoms with Gasteiger partial charge >= 0.3 is 5.97 Å². The summed E-state index contributed by atoms with van der Waals surface area (Å²) in [7, 11) is 0. The number of carboxylic acid groups (broad SMARTS) is 1. The molecule has 0 atom stereocenters. The van der Waals surface area contributed by atoms with E-state index in [0.717, 1.165) is 0 Å². The highest BCUT2D eigenvalue weighted by atomic mass is 16.5. The van der Waals surface area contributed by atoms with Crippen LogP contribution in [0.5, 0.6) is 5.75 Å². The Balaban J connectivity index is 2.52. The van der Waals surface area contributed by atoms with Gasteiger partial charge < -0.3 is 9.84 Å². The third kappa shape index (κ3) is 2.13. The number of rotatable bonds is 4. The number of hydrogen-bond donors (Lipinski definition) is 2. The van der Waals surface area contributed by atoms with Crippen molar-refractivity contribution >= 4 is 5.97 Å². The standard InChI is InChI=1S/C12H12N2O3/c1-2-17-10-6-4-3-5-8(10)11-9(12(15)16)7-13-14-11/h3-7H,2H2,1H3,(H,13,14)(H,15,16). The molecule has 17 heavy (non-hydrogen) atoms. The molecule has 1 aromatic heterocycles. The molecule has 0 spiro atoms. The quantitative estimate of drug-likeness (QED) is 0.847. The molecule has 1 heterocycles. The van der Waals surface area contributed by atoms with Crippen LogP contribution in [0.25, 0.3) is 11.3 Å². The Morgan fingerprint density at radius 1 is 1.47 bits per heavy atom. The summed E-state index contributed by atoms with van der Waals surface area (Å²) in [5.41, 5.74) is 1.29. The Hall–Kier alpha value is -2.30. The van der Waals surface area contributed by atoms with Gasteiger partial charge in [0.1, 0.15) is 11.3 Å². The normalized spacial score (nSPS) is 10.2. The maximum atomic E-state index is 11.0. The third-order valence-corrected chi connectivity index (χ3v) is 2.33. The number of nitrogens with one attached hydrogen (secondary N) is 1. The van der Waals surface area contributed by atoms with Gasteiger partial charge in [0.15, 0.2) is 0 Å². The zero-order valence-electron chi connectivity index (χ0n) is 9.30. The zero-order valence-corrected chi connectivity index (χ0v) is 9.30. The molecule has 5 nitrogen and oxygen atoms in total. The number of H-pyrrole nitrogens is 1. The molecule has 0 fully saturated rings. The molecule has 2 N–H and O–H groups in total. The summed E-state index contributed by atoms with van der Waals surface area (Å²) in [5, 5.41) is 15.5. The van der Waals surface area contributed by atoms with E-state index in [4.69, 9.17) is 9.84 Å². The second-order valence-electron chi connectivity index (χ2n) is 3.39. The predicted molar refractivity (Wildman–Crippen MR) is 62.2 cm³/mol. The predicted octanol–water partition coefficient (Wildman–Crippen LogP) is 2.17. The fourth-order valence-electron chi connectivity index (χ4n) is 1.61. The number of aromatic carboxylic acids is 1. The van der Waals surface area contributed by atoms with Crippen molar-refractivity contribution in [2.24, 2.45) is 0 Å². The molecule has 2 rings (SSSR count). The van der Waals surface area contributed by atoms with Gasteiger partial charge in [-0.05, 0) is 19.1 Å². The average Bonchev–Trinajstić information content (AvgIpc) is 2.79. The van der Waals surface area contributed by atoms with E-state index in [2.05, 4.69) is 10.2 Å². The van der Waals surface area contributed by atoms with E-state index in [-0.39, 0.29) is 5.56 Å². The molecule has 0 aliphatic carbocycles. The highest BCUT2D eigenvalue weighted by Crippen LogP contribution is 2.30. The Labute approximate surface area is 98.0 Å². The first kappa shape index (κ1) is 11.2. The molecule has 0 aliphatic heterocycles. The van der Waals surface area contributed by atoms with Crippen molar-refractivity contribution in [3.63, 3.8) is 0 Å². The molecule has 0 unspecified atom stereocenters. The van der Waals surface area contributed by atoms with Crippen molar-refractivity contribution in [1.29, 1.82) is 0 Å². The minimum Gasteiger partial charge on any atom is -0.493 e. The fourth-order valence-corrected chi connectivity index (χ4v) is 1.61. The molecule has 0 saturated carbocycles. The first-order chi connectivity index (χ1) is 8.24. The van der Waals surface area contributed by atoms with E-state index >= 15 is 0 Å². The second-order valence-corrected chi connectivity index (χ2v) is 3.39. The van der Waals surface area contributed by atoms with Crippen molar-refractivity contribution in [2.45, 2.75) is 6.92 Å². The van der Waals surface area contributed by atoms with E-state index in [9.17, 15) is 4.79 Å². The largest absolute Gasteiger partial charge is 0.493 e. The number of ether oxygens (including phenoxy) is 1. The van der Waals surface area contributed by atoms with Crippen LogP contribution in [0.4, 0.5) is 0 Å². The summed E-state index contributed by atoms with van der Waals surface area (Å²) >= 11 is 0. The molecule has 0 aliphatic rings. The summed E-state index contributed by atoms with van der Waals surface area (Å²) in [6.07, 6.45) is 1.29. The third-order valence-electron chi connectivity index (χ3n) is 2.33. The summed E-state index contributed by atoms with van der Waals surface area (Å²) in [4.78, 5) is 11.0.